The number of unbranched alkanes of at least 4 members (excludes halogenated alkanes) is 31. The Kier molecular flexibility index (Phi) is 68.1. The van der Waals surface area contributed by atoms with Crippen LogP contribution in [0.25, 0.3) is 0 Å². The first-order valence-electron chi connectivity index (χ1n) is 35.7. The number of nitrogens with two attached hydrogens (primary N) is 1. The molecule has 0 aromatic heterocycles. The zero-order chi connectivity index (χ0) is 63.0. The van der Waals surface area contributed by atoms with E-state index < -0.39 is 26.5 Å². The van der Waals surface area contributed by atoms with Gasteiger partial charge in [0.25, 0.3) is 0 Å². The number of carbonyl (C=O) groups excluding carboxylic acids is 2. The normalized spacial score (nSPS) is 13.7. The van der Waals surface area contributed by atoms with Gasteiger partial charge in [0.1, 0.15) is 6.61 Å². The van der Waals surface area contributed by atoms with Crippen LogP contribution in [0, 0.1) is 0 Å². The standard InChI is InChI=1S/C77H132NO8P/c1-3-5-7-9-11-13-15-17-19-21-23-25-27-29-31-32-33-34-35-36-37-38-39-40-41-42-44-46-48-50-52-54-56-58-60-62-64-66-68-70-77(80)86-75(74-85-87(81,82)84-72-71-78)73-83-76(79)69-67-65-63-61-59-57-55-53-51-49-47-45-43-30-28-26-24-22-20-18-16-14-12-10-8-6-4-2/h5,7,11,13,16-19,22-25,29,31,33-34,36-37,39-40,42,44,75H,3-4,6,8-10,12,14-15,20-21,26-28,30,32,35,38,41,43,45-74,78H2,1-2H3,(H,81,82)/b7-5-,13-11-,18-16-,19-17-,24-22-,25-23-,31-29-,34-33-,37-36-,40-39-,44-42-. The third-order valence-corrected chi connectivity index (χ3v) is 16.0. The van der Waals surface area contributed by atoms with Crippen LogP contribution in [0.2, 0.25) is 0 Å². The number of allylic oxidation sites excluding steroid dienone is 22. The van der Waals surface area contributed by atoms with E-state index in [4.69, 9.17) is 24.3 Å². The lowest BCUT2D eigenvalue weighted by Crippen LogP contribution is -2.29. The van der Waals surface area contributed by atoms with Gasteiger partial charge in [0.2, 0.25) is 0 Å². The molecule has 3 N–H and O–H groups in total. The molecule has 0 aliphatic carbocycles. The molecule has 0 aromatic carbocycles. The molecule has 9 nitrogen and oxygen atoms in total. The maximum Gasteiger partial charge on any atom is 0.472 e. The lowest BCUT2D eigenvalue weighted by Gasteiger charge is -2.19. The highest BCUT2D eigenvalue weighted by atomic mass is 31.2. The molecule has 10 heteroatoms. The highest BCUT2D eigenvalue weighted by Crippen LogP contribution is 2.43. The number of hydrogen-bond donors (Lipinski definition) is 2. The van der Waals surface area contributed by atoms with Crippen molar-refractivity contribution in [2.75, 3.05) is 26.4 Å². The van der Waals surface area contributed by atoms with Crippen molar-refractivity contribution < 1.29 is 37.6 Å². The number of phosphoric acid groups is 1. The molecule has 0 saturated carbocycles. The lowest BCUT2D eigenvalue weighted by molar-refractivity contribution is -0.161. The lowest BCUT2D eigenvalue weighted by atomic mass is 10.0. The SMILES string of the molecule is CC/C=C\C/C=C\C/C=C\C/C=C\C/C=C\C/C=C\C/C=C\C/C=C\C/C=C\CCCCCCCCCCCCCC(=O)OC(COC(=O)CCCCCCCCCCCCCCCCC/C=C\C/C=C\CCCCCCC)COP(=O)(O)OCCN. The quantitative estimate of drug-likeness (QED) is 0.0264. The molecular formula is C77H132NO8P. The molecule has 2 unspecified atom stereocenters. The first kappa shape index (κ1) is 83.2. The van der Waals surface area contributed by atoms with Crippen molar-refractivity contribution >= 4 is 19.8 Å². The molecule has 0 aromatic rings. The summed E-state index contributed by atoms with van der Waals surface area (Å²) < 4.78 is 33.2. The number of rotatable bonds is 66. The van der Waals surface area contributed by atoms with Crippen LogP contribution in [-0.2, 0) is 32.7 Å². The van der Waals surface area contributed by atoms with Gasteiger partial charge in [0, 0.05) is 19.4 Å². The fourth-order valence-electron chi connectivity index (χ4n) is 9.78. The van der Waals surface area contributed by atoms with E-state index in [9.17, 15) is 19.0 Å². The summed E-state index contributed by atoms with van der Waals surface area (Å²) in [6.45, 7) is 3.64. The third kappa shape index (κ3) is 71.1. The van der Waals surface area contributed by atoms with Crippen LogP contribution in [0.15, 0.2) is 134 Å². The molecule has 0 saturated heterocycles. The van der Waals surface area contributed by atoms with Gasteiger partial charge in [0.15, 0.2) is 6.10 Å². The minimum atomic E-state index is -4.40. The molecule has 0 radical (unpaired) electrons. The first-order chi connectivity index (χ1) is 42.8. The van der Waals surface area contributed by atoms with Gasteiger partial charge >= 0.3 is 19.8 Å². The van der Waals surface area contributed by atoms with Gasteiger partial charge in [0.05, 0.1) is 13.2 Å². The van der Waals surface area contributed by atoms with Crippen LogP contribution in [0.5, 0.6) is 0 Å². The van der Waals surface area contributed by atoms with E-state index >= 15 is 0 Å². The Morgan fingerprint density at radius 3 is 0.943 bits per heavy atom. The van der Waals surface area contributed by atoms with E-state index in [2.05, 4.69) is 148 Å². The van der Waals surface area contributed by atoms with Crippen molar-refractivity contribution in [3.05, 3.63) is 134 Å². The molecule has 0 heterocycles. The van der Waals surface area contributed by atoms with Crippen molar-refractivity contribution in [1.82, 2.24) is 0 Å². The molecule has 2 atom stereocenters. The van der Waals surface area contributed by atoms with Crippen molar-refractivity contribution in [1.29, 1.82) is 0 Å². The predicted molar refractivity (Wildman–Crippen MR) is 376 cm³/mol. The van der Waals surface area contributed by atoms with E-state index in [-0.39, 0.29) is 38.6 Å². The summed E-state index contributed by atoms with van der Waals surface area (Å²) >= 11 is 0. The van der Waals surface area contributed by atoms with Crippen LogP contribution >= 0.6 is 7.82 Å². The van der Waals surface area contributed by atoms with Gasteiger partial charge in [-0.05, 0) is 116 Å². The Bertz CT molecular complexity index is 1890. The maximum absolute atomic E-state index is 12.8. The Hall–Kier alpha value is -3.85. The van der Waals surface area contributed by atoms with E-state index in [1.165, 1.54) is 167 Å². The predicted octanol–water partition coefficient (Wildman–Crippen LogP) is 23.6. The number of esters is 2. The van der Waals surface area contributed by atoms with Crippen LogP contribution in [0.1, 0.15) is 309 Å². The Morgan fingerprint density at radius 1 is 0.356 bits per heavy atom. The second-order valence-electron chi connectivity index (χ2n) is 23.4. The van der Waals surface area contributed by atoms with Crippen LogP contribution < -0.4 is 5.73 Å². The molecule has 87 heavy (non-hydrogen) atoms. The van der Waals surface area contributed by atoms with Crippen molar-refractivity contribution in [3.8, 4) is 0 Å². The summed E-state index contributed by atoms with van der Waals surface area (Å²) in [6, 6.07) is 0. The van der Waals surface area contributed by atoms with E-state index in [1.54, 1.807) is 0 Å². The fraction of sp³-hybridized carbons (Fsp3) is 0.688. The summed E-state index contributed by atoms with van der Waals surface area (Å²) in [7, 11) is -4.40. The summed E-state index contributed by atoms with van der Waals surface area (Å²) in [5, 5.41) is 0. The second kappa shape index (κ2) is 71.2. The zero-order valence-electron chi connectivity index (χ0n) is 56.0. The van der Waals surface area contributed by atoms with E-state index in [1.807, 2.05) is 0 Å². The topological polar surface area (TPSA) is 134 Å². The van der Waals surface area contributed by atoms with Gasteiger partial charge in [-0.25, -0.2) is 4.57 Å². The molecule has 0 aliphatic rings. The summed E-state index contributed by atoms with van der Waals surface area (Å²) in [6.07, 6.45) is 101. The molecule has 0 fully saturated rings. The molecule has 0 bridgehead atoms. The van der Waals surface area contributed by atoms with Crippen molar-refractivity contribution in [3.63, 3.8) is 0 Å². The number of hydrogen-bond acceptors (Lipinski definition) is 8. The molecule has 0 spiro atoms. The average Bonchev–Trinajstić information content (AvgIpc) is 3.64. The minimum absolute atomic E-state index is 0.0484. The summed E-state index contributed by atoms with van der Waals surface area (Å²) in [4.78, 5) is 35.4. The smallest absolute Gasteiger partial charge is 0.462 e. The van der Waals surface area contributed by atoms with Gasteiger partial charge in [-0.15, -0.1) is 0 Å². The third-order valence-electron chi connectivity index (χ3n) is 15.0. The largest absolute Gasteiger partial charge is 0.472 e. The van der Waals surface area contributed by atoms with Crippen LogP contribution in [0.4, 0.5) is 0 Å². The van der Waals surface area contributed by atoms with Gasteiger partial charge in [-0.3, -0.25) is 18.6 Å². The first-order valence-corrected chi connectivity index (χ1v) is 37.2. The molecule has 0 rings (SSSR count). The highest BCUT2D eigenvalue weighted by Gasteiger charge is 2.26. The number of ether oxygens (including phenoxy) is 2. The number of phosphoric ester groups is 1. The average molecular weight is 1230 g/mol. The molecule has 0 amide bonds. The Labute approximate surface area is 535 Å². The Morgan fingerprint density at radius 2 is 0.632 bits per heavy atom. The van der Waals surface area contributed by atoms with Crippen LogP contribution in [0.3, 0.4) is 0 Å². The molecule has 0 aliphatic heterocycles. The van der Waals surface area contributed by atoms with E-state index in [0.717, 1.165) is 109 Å². The van der Waals surface area contributed by atoms with Crippen molar-refractivity contribution in [2.45, 2.75) is 315 Å². The summed E-state index contributed by atoms with van der Waals surface area (Å²) in [5.41, 5.74) is 5.40. The second-order valence-corrected chi connectivity index (χ2v) is 24.8. The van der Waals surface area contributed by atoms with Gasteiger partial charge < -0.3 is 20.1 Å². The van der Waals surface area contributed by atoms with Crippen molar-refractivity contribution in [2.24, 2.45) is 5.73 Å². The summed E-state index contributed by atoms with van der Waals surface area (Å²) in [5.74, 6) is -0.828. The highest BCUT2D eigenvalue weighted by molar-refractivity contribution is 7.47. The fourth-order valence-corrected chi connectivity index (χ4v) is 10.5. The van der Waals surface area contributed by atoms with Crippen LogP contribution in [-0.4, -0.2) is 49.3 Å². The molecular weight excluding hydrogens is 1100 g/mol. The Balaban J connectivity index is 3.92. The van der Waals surface area contributed by atoms with Gasteiger partial charge in [-0.2, -0.15) is 0 Å². The zero-order valence-corrected chi connectivity index (χ0v) is 56.9. The monoisotopic (exact) mass is 1230 g/mol. The maximum atomic E-state index is 12.8. The minimum Gasteiger partial charge on any atom is -0.462 e. The van der Waals surface area contributed by atoms with E-state index in [0.29, 0.717) is 6.42 Å². The van der Waals surface area contributed by atoms with Gasteiger partial charge in [-0.1, -0.05) is 314 Å². The number of carbonyl (C=O) groups is 2. The molecule has 498 valence electrons.